The number of esters is 1. The lowest BCUT2D eigenvalue weighted by Gasteiger charge is -2.14. The van der Waals surface area contributed by atoms with E-state index in [0.717, 1.165) is 6.07 Å². The second-order valence-electron chi connectivity index (χ2n) is 6.40. The maximum Gasteiger partial charge on any atom is 0.327 e. The Morgan fingerprint density at radius 3 is 2.78 bits per heavy atom. The van der Waals surface area contributed by atoms with Gasteiger partial charge in [-0.1, -0.05) is 22.9 Å². The number of rotatable bonds is 5. The lowest BCUT2D eigenvalue weighted by Crippen LogP contribution is -2.15. The molecule has 4 rings (SSSR count). The summed E-state index contributed by atoms with van der Waals surface area (Å²) < 4.78 is 34.7. The van der Waals surface area contributed by atoms with Crippen LogP contribution in [0.3, 0.4) is 0 Å². The number of sulfonamides is 1. The standard InChI is InChI=1S/C20H13ClN6O4S/c1-22-16-11-13(6-7-14(16)20(28)31-2)32(29,30)25-15-8-5-12(21)10-18(15)27-17-4-3-9-23-19(17)24-26-27/h3-11,25H,2H3. The van der Waals surface area contributed by atoms with Crippen LogP contribution in [0.25, 0.3) is 21.7 Å². The Hall–Kier alpha value is -4.01. The maximum absolute atomic E-state index is 13.1. The minimum absolute atomic E-state index is 0.0322. The fourth-order valence-corrected chi connectivity index (χ4v) is 4.23. The minimum atomic E-state index is -4.14. The van der Waals surface area contributed by atoms with E-state index < -0.39 is 16.0 Å². The first-order chi connectivity index (χ1) is 15.3. The van der Waals surface area contributed by atoms with Crippen LogP contribution in [-0.2, 0) is 14.8 Å². The van der Waals surface area contributed by atoms with Crippen LogP contribution < -0.4 is 4.72 Å². The molecule has 10 nitrogen and oxygen atoms in total. The van der Waals surface area contributed by atoms with Gasteiger partial charge in [0.25, 0.3) is 10.0 Å². The fraction of sp³-hybridized carbons (Fsp3) is 0.0500. The van der Waals surface area contributed by atoms with Crippen LogP contribution in [0.5, 0.6) is 0 Å². The molecule has 0 amide bonds. The highest BCUT2D eigenvalue weighted by Gasteiger charge is 2.21. The van der Waals surface area contributed by atoms with Crippen LogP contribution in [0, 0.1) is 6.57 Å². The molecule has 2 aromatic heterocycles. The molecule has 2 aromatic carbocycles. The van der Waals surface area contributed by atoms with E-state index in [0.29, 0.717) is 21.9 Å². The van der Waals surface area contributed by atoms with Gasteiger partial charge in [0.1, 0.15) is 5.52 Å². The van der Waals surface area contributed by atoms with Crippen LogP contribution in [0.2, 0.25) is 5.02 Å². The zero-order valence-electron chi connectivity index (χ0n) is 16.4. The van der Waals surface area contributed by atoms with Crippen molar-refractivity contribution in [2.45, 2.75) is 4.90 Å². The van der Waals surface area contributed by atoms with Crippen molar-refractivity contribution < 1.29 is 17.9 Å². The largest absolute Gasteiger partial charge is 0.466 e. The lowest BCUT2D eigenvalue weighted by atomic mass is 10.2. The third-order valence-electron chi connectivity index (χ3n) is 4.46. The normalized spacial score (nSPS) is 11.2. The third kappa shape index (κ3) is 3.84. The second-order valence-corrected chi connectivity index (χ2v) is 8.52. The molecule has 0 aliphatic rings. The third-order valence-corrected chi connectivity index (χ3v) is 6.06. The number of nitrogens with one attached hydrogen (secondary N) is 1. The molecule has 0 radical (unpaired) electrons. The summed E-state index contributed by atoms with van der Waals surface area (Å²) >= 11 is 6.14. The first-order valence-electron chi connectivity index (χ1n) is 8.93. The summed E-state index contributed by atoms with van der Waals surface area (Å²) in [6.45, 7) is 7.27. The number of hydrogen-bond donors (Lipinski definition) is 1. The zero-order valence-corrected chi connectivity index (χ0v) is 17.9. The summed E-state index contributed by atoms with van der Waals surface area (Å²) in [6, 6.07) is 11.5. The summed E-state index contributed by atoms with van der Waals surface area (Å²) in [5.74, 6) is -0.737. The Morgan fingerprint density at radius 1 is 1.22 bits per heavy atom. The highest BCUT2D eigenvalue weighted by atomic mass is 35.5. The van der Waals surface area contributed by atoms with Crippen molar-refractivity contribution in [2.75, 3.05) is 11.8 Å². The topological polar surface area (TPSA) is 120 Å². The average molecular weight is 469 g/mol. The van der Waals surface area contributed by atoms with Crippen molar-refractivity contribution >= 4 is 50.1 Å². The van der Waals surface area contributed by atoms with Crippen molar-refractivity contribution in [3.63, 3.8) is 0 Å². The van der Waals surface area contributed by atoms with Gasteiger partial charge in [0, 0.05) is 11.2 Å². The molecule has 0 bridgehead atoms. The van der Waals surface area contributed by atoms with Crippen molar-refractivity contribution in [1.82, 2.24) is 20.0 Å². The number of nitrogens with zero attached hydrogens (tertiary/aromatic N) is 5. The first-order valence-corrected chi connectivity index (χ1v) is 10.8. The van der Waals surface area contributed by atoms with Crippen LogP contribution in [0.1, 0.15) is 10.4 Å². The molecule has 0 atom stereocenters. The van der Waals surface area contributed by atoms with E-state index in [-0.39, 0.29) is 21.8 Å². The number of aromatic nitrogens is 4. The molecule has 1 N–H and O–H groups in total. The summed E-state index contributed by atoms with van der Waals surface area (Å²) in [6.07, 6.45) is 1.57. The van der Waals surface area contributed by atoms with E-state index in [4.69, 9.17) is 18.2 Å². The fourth-order valence-electron chi connectivity index (χ4n) is 2.97. The molecule has 0 unspecified atom stereocenters. The van der Waals surface area contributed by atoms with Gasteiger partial charge in [0.15, 0.2) is 0 Å². The van der Waals surface area contributed by atoms with Crippen molar-refractivity contribution in [3.8, 4) is 5.69 Å². The summed E-state index contributed by atoms with van der Waals surface area (Å²) in [5, 5.41) is 8.39. The Labute approximate surface area is 187 Å². The minimum Gasteiger partial charge on any atom is -0.466 e. The molecule has 0 spiro atoms. The average Bonchev–Trinajstić information content (AvgIpc) is 3.23. The number of anilines is 1. The van der Waals surface area contributed by atoms with E-state index >= 15 is 0 Å². The van der Waals surface area contributed by atoms with E-state index in [1.54, 1.807) is 18.3 Å². The van der Waals surface area contributed by atoms with Crippen molar-refractivity contribution in [1.29, 1.82) is 0 Å². The number of carbonyl (C=O) groups excluding carboxylic acids is 1. The van der Waals surface area contributed by atoms with Gasteiger partial charge in [0.05, 0.1) is 35.5 Å². The molecule has 2 heterocycles. The summed E-state index contributed by atoms with van der Waals surface area (Å²) in [5.41, 5.74) is 1.24. The highest BCUT2D eigenvalue weighted by Crippen LogP contribution is 2.30. The van der Waals surface area contributed by atoms with Gasteiger partial charge in [-0.2, -0.15) is 0 Å². The zero-order chi connectivity index (χ0) is 22.9. The van der Waals surface area contributed by atoms with Gasteiger partial charge >= 0.3 is 5.97 Å². The Bertz CT molecular complexity index is 1510. The number of pyridine rings is 1. The molecular weight excluding hydrogens is 456 g/mol. The van der Waals surface area contributed by atoms with Crippen molar-refractivity contribution in [2.24, 2.45) is 0 Å². The van der Waals surface area contributed by atoms with Crippen molar-refractivity contribution in [3.05, 3.63) is 76.7 Å². The van der Waals surface area contributed by atoms with Gasteiger partial charge in [-0.3, -0.25) is 4.72 Å². The number of carbonyl (C=O) groups is 1. The van der Waals surface area contributed by atoms with Gasteiger partial charge in [0.2, 0.25) is 11.3 Å². The van der Waals surface area contributed by atoms with Gasteiger partial charge in [-0.25, -0.2) is 27.7 Å². The molecule has 0 aliphatic carbocycles. The van der Waals surface area contributed by atoms with Gasteiger partial charge in [-0.05, 0) is 42.5 Å². The Morgan fingerprint density at radius 2 is 2.03 bits per heavy atom. The monoisotopic (exact) mass is 468 g/mol. The molecule has 0 saturated carbocycles. The Balaban J connectivity index is 1.78. The molecule has 4 aromatic rings. The predicted octanol–water partition coefficient (Wildman–Crippen LogP) is 3.61. The van der Waals surface area contributed by atoms with Gasteiger partial charge in [-0.15, -0.1) is 5.10 Å². The predicted molar refractivity (Wildman–Crippen MR) is 117 cm³/mol. The lowest BCUT2D eigenvalue weighted by molar-refractivity contribution is 0.0602. The molecule has 32 heavy (non-hydrogen) atoms. The number of halogens is 1. The van der Waals surface area contributed by atoms with E-state index in [2.05, 4.69) is 29.6 Å². The summed E-state index contributed by atoms with van der Waals surface area (Å²) in [7, 11) is -2.97. The SMILES string of the molecule is [C-]#[N+]c1cc(S(=O)(=O)Nc2ccc(Cl)cc2-n2nnc3ncccc32)ccc1C(=O)OC. The summed E-state index contributed by atoms with van der Waals surface area (Å²) in [4.78, 5) is 18.9. The van der Waals surface area contributed by atoms with Crippen LogP contribution in [0.4, 0.5) is 11.4 Å². The molecule has 12 heteroatoms. The van der Waals surface area contributed by atoms with E-state index in [1.165, 1.54) is 42.1 Å². The molecular formula is C20H13ClN6O4S. The quantitative estimate of drug-likeness (QED) is 0.351. The number of methoxy groups -OCH3 is 1. The van der Waals surface area contributed by atoms with Crippen LogP contribution in [0.15, 0.2) is 59.6 Å². The Kier molecular flexibility index (Phi) is 5.48. The molecule has 0 fully saturated rings. The van der Waals surface area contributed by atoms with E-state index in [9.17, 15) is 13.2 Å². The van der Waals surface area contributed by atoms with Crippen LogP contribution >= 0.6 is 11.6 Å². The van der Waals surface area contributed by atoms with Crippen LogP contribution in [-0.4, -0.2) is 41.5 Å². The molecule has 0 saturated heterocycles. The molecule has 160 valence electrons. The number of fused-ring (bicyclic) bond motifs is 1. The maximum atomic E-state index is 13.1. The smallest absolute Gasteiger partial charge is 0.327 e. The number of benzene rings is 2. The second kappa shape index (κ2) is 8.26. The highest BCUT2D eigenvalue weighted by molar-refractivity contribution is 7.92. The van der Waals surface area contributed by atoms with Gasteiger partial charge < -0.3 is 4.74 Å². The number of ether oxygens (including phenoxy) is 1. The van der Waals surface area contributed by atoms with E-state index in [1.807, 2.05) is 0 Å². The molecule has 0 aliphatic heterocycles. The first kappa shape index (κ1) is 21.2. The number of hydrogen-bond acceptors (Lipinski definition) is 7.